The van der Waals surface area contributed by atoms with Crippen molar-refractivity contribution < 1.29 is 4.79 Å². The van der Waals surface area contributed by atoms with E-state index in [1.165, 1.54) is 11.1 Å². The third-order valence-electron chi connectivity index (χ3n) is 3.21. The summed E-state index contributed by atoms with van der Waals surface area (Å²) in [5, 5.41) is 0. The number of carbonyl (C=O) groups excluding carboxylic acids is 1. The normalized spacial score (nSPS) is 23.1. The number of Topliss-reactive ketones (excluding diaryl/α,β-unsaturated/α-hetero) is 1. The zero-order valence-corrected chi connectivity index (χ0v) is 9.89. The molecule has 0 aromatic carbocycles. The molecule has 1 rings (SSSR count). The average Bonchev–Trinajstić information content (AvgIpc) is 2.08. The van der Waals surface area contributed by atoms with E-state index >= 15 is 0 Å². The summed E-state index contributed by atoms with van der Waals surface area (Å²) in [5.41, 5.74) is 2.94. The Morgan fingerprint density at radius 3 is 2.50 bits per heavy atom. The first-order chi connectivity index (χ1) is 6.50. The Hall–Kier alpha value is -0.590. The minimum atomic E-state index is 0.320. The van der Waals surface area contributed by atoms with Gasteiger partial charge in [0.25, 0.3) is 0 Å². The van der Waals surface area contributed by atoms with Gasteiger partial charge in [0.2, 0.25) is 0 Å². The third-order valence-corrected chi connectivity index (χ3v) is 3.21. The molecule has 80 valence electrons. The largest absolute Gasteiger partial charge is 0.299 e. The van der Waals surface area contributed by atoms with Crippen LogP contribution in [0.1, 0.15) is 53.4 Å². The molecule has 1 nitrogen and oxygen atoms in total. The molecule has 1 aliphatic rings. The van der Waals surface area contributed by atoms with Crippen LogP contribution in [0.25, 0.3) is 0 Å². The van der Waals surface area contributed by atoms with Gasteiger partial charge in [-0.2, -0.15) is 0 Å². The van der Waals surface area contributed by atoms with Gasteiger partial charge in [0, 0.05) is 12.3 Å². The molecule has 1 aliphatic carbocycles. The Bertz CT molecular complexity index is 248. The summed E-state index contributed by atoms with van der Waals surface area (Å²) >= 11 is 0. The van der Waals surface area contributed by atoms with Crippen molar-refractivity contribution in [2.45, 2.75) is 53.4 Å². The third kappa shape index (κ3) is 2.97. The smallest absolute Gasteiger partial charge is 0.136 e. The summed E-state index contributed by atoms with van der Waals surface area (Å²) in [7, 11) is 0. The van der Waals surface area contributed by atoms with Gasteiger partial charge in [-0.15, -0.1) is 0 Å². The van der Waals surface area contributed by atoms with Crippen LogP contribution >= 0.6 is 0 Å². The molecule has 14 heavy (non-hydrogen) atoms. The van der Waals surface area contributed by atoms with Crippen molar-refractivity contribution in [2.24, 2.45) is 11.8 Å². The fraction of sp³-hybridized carbons (Fsp3) is 0.769. The molecule has 1 unspecified atom stereocenters. The fourth-order valence-electron chi connectivity index (χ4n) is 2.09. The van der Waals surface area contributed by atoms with Gasteiger partial charge in [-0.25, -0.2) is 0 Å². The summed E-state index contributed by atoms with van der Waals surface area (Å²) in [6, 6.07) is 0. The van der Waals surface area contributed by atoms with Gasteiger partial charge in [0.05, 0.1) is 0 Å². The van der Waals surface area contributed by atoms with E-state index in [-0.39, 0.29) is 0 Å². The molecule has 0 saturated carbocycles. The Morgan fingerprint density at radius 1 is 1.36 bits per heavy atom. The Balaban J connectivity index is 2.53. The van der Waals surface area contributed by atoms with Crippen LogP contribution in [-0.2, 0) is 4.79 Å². The SMILES string of the molecule is CC1=C(C)CC(C(=O)CC(C)C)CC1. The molecule has 0 bridgehead atoms. The first-order valence-corrected chi connectivity index (χ1v) is 5.68. The lowest BCUT2D eigenvalue weighted by Gasteiger charge is -2.23. The maximum atomic E-state index is 11.8. The first kappa shape index (κ1) is 11.5. The molecule has 0 saturated heterocycles. The minimum Gasteiger partial charge on any atom is -0.299 e. The Kier molecular flexibility index (Phi) is 3.91. The molecule has 0 amide bonds. The summed E-state index contributed by atoms with van der Waals surface area (Å²) in [5.74, 6) is 1.31. The average molecular weight is 194 g/mol. The molecule has 0 aromatic heterocycles. The Morgan fingerprint density at radius 2 is 2.00 bits per heavy atom. The lowest BCUT2D eigenvalue weighted by molar-refractivity contribution is -0.123. The quantitative estimate of drug-likeness (QED) is 0.625. The first-order valence-electron chi connectivity index (χ1n) is 5.68. The van der Waals surface area contributed by atoms with E-state index in [2.05, 4.69) is 27.7 Å². The van der Waals surface area contributed by atoms with Crippen LogP contribution in [0.2, 0.25) is 0 Å². The van der Waals surface area contributed by atoms with Crippen LogP contribution in [0.15, 0.2) is 11.1 Å². The summed E-state index contributed by atoms with van der Waals surface area (Å²) < 4.78 is 0. The van der Waals surface area contributed by atoms with Gasteiger partial charge >= 0.3 is 0 Å². The van der Waals surface area contributed by atoms with E-state index in [4.69, 9.17) is 0 Å². The number of ketones is 1. The van der Waals surface area contributed by atoms with Crippen molar-refractivity contribution in [3.63, 3.8) is 0 Å². The molecule has 0 fully saturated rings. The van der Waals surface area contributed by atoms with Crippen LogP contribution in [-0.4, -0.2) is 5.78 Å². The van der Waals surface area contributed by atoms with Gasteiger partial charge in [-0.1, -0.05) is 25.0 Å². The predicted molar refractivity (Wildman–Crippen MR) is 60.2 cm³/mol. The second-order valence-corrected chi connectivity index (χ2v) is 5.06. The highest BCUT2D eigenvalue weighted by Gasteiger charge is 2.23. The number of carbonyl (C=O) groups is 1. The lowest BCUT2D eigenvalue weighted by Crippen LogP contribution is -2.20. The highest BCUT2D eigenvalue weighted by atomic mass is 16.1. The van der Waals surface area contributed by atoms with Crippen molar-refractivity contribution in [3.05, 3.63) is 11.1 Å². The van der Waals surface area contributed by atoms with Gasteiger partial charge in [0.15, 0.2) is 0 Å². The highest BCUT2D eigenvalue weighted by Crippen LogP contribution is 2.30. The van der Waals surface area contributed by atoms with Crippen molar-refractivity contribution in [3.8, 4) is 0 Å². The van der Waals surface area contributed by atoms with Crippen LogP contribution in [0.5, 0.6) is 0 Å². The zero-order chi connectivity index (χ0) is 10.7. The van der Waals surface area contributed by atoms with Crippen molar-refractivity contribution in [1.29, 1.82) is 0 Å². The maximum absolute atomic E-state index is 11.8. The van der Waals surface area contributed by atoms with Gasteiger partial charge in [-0.05, 0) is 39.0 Å². The van der Waals surface area contributed by atoms with Gasteiger partial charge in [-0.3, -0.25) is 4.79 Å². The van der Waals surface area contributed by atoms with Crippen LogP contribution in [0.4, 0.5) is 0 Å². The number of hydrogen-bond donors (Lipinski definition) is 0. The molecular formula is C13H22O. The van der Waals surface area contributed by atoms with E-state index in [9.17, 15) is 4.79 Å². The molecule has 1 atom stereocenters. The van der Waals surface area contributed by atoms with Crippen LogP contribution < -0.4 is 0 Å². The van der Waals surface area contributed by atoms with Gasteiger partial charge in [0.1, 0.15) is 5.78 Å². The van der Waals surface area contributed by atoms with Crippen molar-refractivity contribution >= 4 is 5.78 Å². The minimum absolute atomic E-state index is 0.320. The summed E-state index contributed by atoms with van der Waals surface area (Å²) in [6.07, 6.45) is 3.98. The highest BCUT2D eigenvalue weighted by molar-refractivity contribution is 5.81. The van der Waals surface area contributed by atoms with Crippen LogP contribution in [0, 0.1) is 11.8 Å². The van der Waals surface area contributed by atoms with E-state index < -0.39 is 0 Å². The molecule has 0 N–H and O–H groups in total. The molecular weight excluding hydrogens is 172 g/mol. The molecule has 0 radical (unpaired) electrons. The molecule has 1 heteroatoms. The van der Waals surface area contributed by atoms with Crippen molar-refractivity contribution in [1.82, 2.24) is 0 Å². The van der Waals surface area contributed by atoms with Crippen LogP contribution in [0.3, 0.4) is 0 Å². The monoisotopic (exact) mass is 194 g/mol. The lowest BCUT2D eigenvalue weighted by atomic mass is 9.81. The van der Waals surface area contributed by atoms with Crippen molar-refractivity contribution in [2.75, 3.05) is 0 Å². The van der Waals surface area contributed by atoms with E-state index in [1.54, 1.807) is 0 Å². The number of hydrogen-bond acceptors (Lipinski definition) is 1. The molecule has 0 aromatic rings. The molecule has 0 heterocycles. The van der Waals surface area contributed by atoms with Gasteiger partial charge < -0.3 is 0 Å². The standard InChI is InChI=1S/C13H22O/c1-9(2)7-13(14)12-6-5-10(3)11(4)8-12/h9,12H,5-8H2,1-4H3. The van der Waals surface area contributed by atoms with E-state index in [0.717, 1.165) is 25.7 Å². The van der Waals surface area contributed by atoms with E-state index in [1.807, 2.05) is 0 Å². The predicted octanol–water partition coefficient (Wildman–Crippen LogP) is 3.74. The Labute approximate surface area is 87.6 Å². The number of rotatable bonds is 3. The summed E-state index contributed by atoms with van der Waals surface area (Å²) in [6.45, 7) is 8.60. The second-order valence-electron chi connectivity index (χ2n) is 5.06. The van der Waals surface area contributed by atoms with E-state index in [0.29, 0.717) is 17.6 Å². The molecule has 0 aliphatic heterocycles. The zero-order valence-electron chi connectivity index (χ0n) is 9.89. The topological polar surface area (TPSA) is 17.1 Å². The fourth-order valence-corrected chi connectivity index (χ4v) is 2.09. The molecule has 0 spiro atoms. The number of allylic oxidation sites excluding steroid dienone is 2. The maximum Gasteiger partial charge on any atom is 0.136 e. The summed E-state index contributed by atoms with van der Waals surface area (Å²) in [4.78, 5) is 11.8. The second kappa shape index (κ2) is 4.77.